The Labute approximate surface area is 275 Å². The number of esters is 1. The highest BCUT2D eigenvalue weighted by molar-refractivity contribution is 8.00. The minimum absolute atomic E-state index is 0.0409. The summed E-state index contributed by atoms with van der Waals surface area (Å²) in [5.74, 6) is -0.513. The summed E-state index contributed by atoms with van der Waals surface area (Å²) in [4.78, 5) is 58.6. The second kappa shape index (κ2) is 12.6. The van der Waals surface area contributed by atoms with E-state index in [1.165, 1.54) is 24.5 Å². The van der Waals surface area contributed by atoms with Gasteiger partial charge in [-0.05, 0) is 68.9 Å². The fourth-order valence-corrected chi connectivity index (χ4v) is 10.0. The number of Topliss-reactive ketones (excluding diaryl/α,β-unsaturated/α-hetero) is 1. The van der Waals surface area contributed by atoms with Gasteiger partial charge < -0.3 is 14.8 Å². The van der Waals surface area contributed by atoms with E-state index in [1.54, 1.807) is 6.08 Å². The Morgan fingerprint density at radius 3 is 2.72 bits per heavy atom. The largest absolute Gasteiger partial charge is 0.461 e. The summed E-state index contributed by atoms with van der Waals surface area (Å²) in [6.07, 6.45) is 8.79. The fraction of sp³-hybridized carbons (Fsp3) is 0.706. The smallest absolute Gasteiger partial charge is 0.316 e. The van der Waals surface area contributed by atoms with Crippen LogP contribution in [-0.2, 0) is 19.1 Å². The monoisotopic (exact) mass is 652 g/mol. The number of ether oxygens (including phenoxy) is 1. The van der Waals surface area contributed by atoms with Gasteiger partial charge in [0.15, 0.2) is 5.65 Å². The normalized spacial score (nSPS) is 36.5. The molecule has 0 aromatic carbocycles. The molecule has 2 aromatic rings. The lowest BCUT2D eigenvalue weighted by Crippen LogP contribution is -2.63. The number of carbonyl (C=O) groups excluding carboxylic acids is 3. The van der Waals surface area contributed by atoms with E-state index in [4.69, 9.17) is 4.74 Å². The number of amides is 1. The van der Waals surface area contributed by atoms with Gasteiger partial charge in [0, 0.05) is 23.2 Å². The molecule has 4 fully saturated rings. The van der Waals surface area contributed by atoms with E-state index in [0.717, 1.165) is 45.2 Å². The quantitative estimate of drug-likeness (QED) is 0.157. The Morgan fingerprint density at radius 1 is 1.22 bits per heavy atom. The summed E-state index contributed by atoms with van der Waals surface area (Å²) >= 11 is 1.19. The molecule has 2 bridgehead atoms. The average Bonchev–Trinajstić information content (AvgIpc) is 3.66. The number of aromatic nitrogens is 4. The maximum Gasteiger partial charge on any atom is 0.316 e. The second-order valence-corrected chi connectivity index (χ2v) is 15.7. The molecule has 2 aromatic heterocycles. The van der Waals surface area contributed by atoms with Crippen molar-refractivity contribution in [1.29, 1.82) is 0 Å². The zero-order chi connectivity index (χ0) is 32.9. The summed E-state index contributed by atoms with van der Waals surface area (Å²) < 4.78 is 6.40. The van der Waals surface area contributed by atoms with Crippen LogP contribution in [-0.4, -0.2) is 85.2 Å². The first-order valence-electron chi connectivity index (χ1n) is 16.8. The van der Waals surface area contributed by atoms with Gasteiger partial charge in [-0.25, -0.2) is 9.97 Å². The van der Waals surface area contributed by atoms with Crippen LogP contribution in [0.25, 0.3) is 11.2 Å². The van der Waals surface area contributed by atoms with E-state index in [0.29, 0.717) is 29.0 Å². The summed E-state index contributed by atoms with van der Waals surface area (Å²) in [5.41, 5.74) is -0.645. The molecule has 250 valence electrons. The van der Waals surface area contributed by atoms with Gasteiger partial charge in [-0.3, -0.25) is 24.6 Å². The number of imidazole rings is 1. The second-order valence-electron chi connectivity index (χ2n) is 14.7. The molecule has 11 nitrogen and oxygen atoms in total. The lowest BCUT2D eigenvalue weighted by molar-refractivity contribution is -0.205. The minimum atomic E-state index is -0.717. The van der Waals surface area contributed by atoms with Crippen LogP contribution >= 0.6 is 11.8 Å². The van der Waals surface area contributed by atoms with E-state index >= 15 is 0 Å². The molecule has 3 saturated carbocycles. The van der Waals surface area contributed by atoms with Gasteiger partial charge in [-0.1, -0.05) is 52.0 Å². The number of thioether (sulfide) groups is 1. The number of aromatic amines is 1. The van der Waals surface area contributed by atoms with Crippen LogP contribution in [0.2, 0.25) is 0 Å². The minimum Gasteiger partial charge on any atom is -0.461 e. The maximum absolute atomic E-state index is 13.7. The maximum atomic E-state index is 13.7. The fourth-order valence-electron chi connectivity index (χ4n) is 9.27. The zero-order valence-electron chi connectivity index (χ0n) is 27.5. The summed E-state index contributed by atoms with van der Waals surface area (Å²) in [6, 6.07) is 0. The van der Waals surface area contributed by atoms with Gasteiger partial charge >= 0.3 is 5.97 Å². The molecule has 4 aliphatic rings. The molecule has 1 saturated heterocycles. The number of hydrogen-bond donors (Lipinski definition) is 3. The van der Waals surface area contributed by atoms with Crippen LogP contribution in [0.3, 0.4) is 0 Å². The van der Waals surface area contributed by atoms with Crippen molar-refractivity contribution in [3.63, 3.8) is 0 Å². The predicted molar refractivity (Wildman–Crippen MR) is 176 cm³/mol. The molecule has 12 heteroatoms. The van der Waals surface area contributed by atoms with Crippen LogP contribution in [0.5, 0.6) is 0 Å². The van der Waals surface area contributed by atoms with Crippen molar-refractivity contribution in [3.8, 4) is 0 Å². The molecule has 1 amide bonds. The highest BCUT2D eigenvalue weighted by Gasteiger charge is 2.68. The highest BCUT2D eigenvalue weighted by Crippen LogP contribution is 2.68. The predicted octanol–water partition coefficient (Wildman–Crippen LogP) is 4.78. The van der Waals surface area contributed by atoms with E-state index in [9.17, 15) is 19.5 Å². The number of rotatable bonds is 8. The lowest BCUT2D eigenvalue weighted by atomic mass is 9.44. The molecule has 0 spiro atoms. The number of aliphatic hydroxyl groups excluding tert-OH is 1. The van der Waals surface area contributed by atoms with Crippen LogP contribution in [0.15, 0.2) is 24.0 Å². The van der Waals surface area contributed by atoms with Crippen LogP contribution < -0.4 is 5.32 Å². The molecular weight excluding hydrogens is 604 g/mol. The first-order chi connectivity index (χ1) is 21.9. The molecule has 3 aliphatic carbocycles. The van der Waals surface area contributed by atoms with Crippen molar-refractivity contribution in [2.24, 2.45) is 34.0 Å². The Hall–Kier alpha value is -2.83. The summed E-state index contributed by atoms with van der Waals surface area (Å²) in [5, 5.41) is 15.1. The Balaban J connectivity index is 1.22. The van der Waals surface area contributed by atoms with Crippen LogP contribution in [0.4, 0.5) is 5.95 Å². The van der Waals surface area contributed by atoms with Gasteiger partial charge in [0.1, 0.15) is 22.4 Å². The zero-order valence-corrected chi connectivity index (χ0v) is 28.3. The lowest BCUT2D eigenvalue weighted by Gasteiger charge is -2.61. The molecule has 1 unspecified atom stereocenters. The number of nitrogens with one attached hydrogen (secondary N) is 2. The standard InChI is InChI=1S/C34H48N6O5S/c1-6-32(4)16-23(33(5)20(2)10-12-34(21(3)28(32)44)13-11-22(41)27(33)34)45-25(43)18-46-30-26-29(36-19-35-26)38-31(39-30)37-24(42)17-40-14-8-7-9-15-40/h6,19-21,23,27-28,44H,1,7-18H2,2-5H3,(H2,35,36,37,38,39,42)/t20-,21+,23-,27?,28+,32-,33+,34+/m1/s1. The number of fused-ring (bicyclic) bond motifs is 1. The van der Waals surface area contributed by atoms with Crippen LogP contribution in [0.1, 0.15) is 79.1 Å². The van der Waals surface area contributed by atoms with Crippen LogP contribution in [0, 0.1) is 34.0 Å². The van der Waals surface area contributed by atoms with Crippen molar-refractivity contribution in [3.05, 3.63) is 19.0 Å². The molecule has 3 N–H and O–H groups in total. The molecule has 6 rings (SSSR count). The van der Waals surface area contributed by atoms with Crippen molar-refractivity contribution in [2.45, 2.75) is 96.3 Å². The number of aliphatic hydroxyl groups is 1. The summed E-state index contributed by atoms with van der Waals surface area (Å²) in [6.45, 7) is 14.6. The SMILES string of the molecule is C=C[C@]1(C)C[C@@H](OC(=O)CSc2nc(NC(=O)CN3CCCCC3)nc3nc[nH]c23)[C@@]2(C)C3C(=O)CC[C@@]3(CC[C@H]2C)[C@@H](C)[C@@H]1O. The molecule has 1 aliphatic heterocycles. The number of anilines is 1. The third kappa shape index (κ3) is 5.68. The molecule has 0 radical (unpaired) electrons. The van der Waals surface area contributed by atoms with E-state index < -0.39 is 29.0 Å². The third-order valence-electron chi connectivity index (χ3n) is 12.2. The topological polar surface area (TPSA) is 150 Å². The molecule has 3 heterocycles. The number of likely N-dealkylation sites (tertiary alicyclic amines) is 1. The molecule has 46 heavy (non-hydrogen) atoms. The molecular formula is C34H48N6O5S. The Bertz CT molecular complexity index is 1510. The van der Waals surface area contributed by atoms with Crippen molar-refractivity contribution in [2.75, 3.05) is 30.7 Å². The molecule has 8 atom stereocenters. The van der Waals surface area contributed by atoms with Gasteiger partial charge in [-0.2, -0.15) is 4.98 Å². The van der Waals surface area contributed by atoms with Gasteiger partial charge in [0.2, 0.25) is 11.9 Å². The number of ketones is 1. The van der Waals surface area contributed by atoms with E-state index in [2.05, 4.69) is 57.5 Å². The van der Waals surface area contributed by atoms with E-state index in [-0.39, 0.29) is 53.1 Å². The number of carbonyl (C=O) groups is 3. The number of piperidine rings is 1. The average molecular weight is 653 g/mol. The Kier molecular flexibility index (Phi) is 9.10. The van der Waals surface area contributed by atoms with Crippen molar-refractivity contribution >= 4 is 46.5 Å². The number of nitrogens with zero attached hydrogens (tertiary/aromatic N) is 4. The van der Waals surface area contributed by atoms with Gasteiger partial charge in [0.05, 0.1) is 24.7 Å². The first-order valence-corrected chi connectivity index (χ1v) is 17.8. The highest BCUT2D eigenvalue weighted by atomic mass is 32.2. The van der Waals surface area contributed by atoms with Crippen molar-refractivity contribution < 1.29 is 24.2 Å². The van der Waals surface area contributed by atoms with Gasteiger partial charge in [0.25, 0.3) is 0 Å². The summed E-state index contributed by atoms with van der Waals surface area (Å²) in [7, 11) is 0. The number of hydrogen-bond acceptors (Lipinski definition) is 10. The van der Waals surface area contributed by atoms with Crippen molar-refractivity contribution in [1.82, 2.24) is 24.8 Å². The Morgan fingerprint density at radius 2 is 1.98 bits per heavy atom. The first kappa shape index (κ1) is 33.1. The van der Waals surface area contributed by atoms with E-state index in [1.807, 2.05) is 6.92 Å². The van der Waals surface area contributed by atoms with Gasteiger partial charge in [-0.15, -0.1) is 6.58 Å². The third-order valence-corrected chi connectivity index (χ3v) is 13.2. The number of H-pyrrole nitrogens is 1.